The lowest BCUT2D eigenvalue weighted by molar-refractivity contribution is 0.0996. The van der Waals surface area contributed by atoms with Crippen LogP contribution in [0.2, 0.25) is 0 Å². The number of aromatic nitrogens is 2. The monoisotopic (exact) mass is 462 g/mol. The standard InChI is InChI=1S/C21H30N6O4S/c1-4-16-20(24-13-5-8-15(28)9-6-13)27-21(18(26-16)19(22)29)25-14-7-10-17(12(2)11-14)32(30,31)23-3/h7,10-11,13,15,23,28H,4-6,8-9H2,1-3H3,(H2,22,29)(H2,24,25,27)/t13-,15-. The topological polar surface area (TPSA) is 159 Å². The Balaban J connectivity index is 1.94. The number of primary amides is 1. The average molecular weight is 463 g/mol. The summed E-state index contributed by atoms with van der Waals surface area (Å²) in [5.74, 6) is 0.0392. The van der Waals surface area contributed by atoms with Crippen molar-refractivity contribution >= 4 is 33.3 Å². The van der Waals surface area contributed by atoms with E-state index in [1.807, 2.05) is 6.92 Å². The quantitative estimate of drug-likeness (QED) is 0.397. The van der Waals surface area contributed by atoms with Gasteiger partial charge in [-0.15, -0.1) is 0 Å². The van der Waals surface area contributed by atoms with Gasteiger partial charge in [0.1, 0.15) is 5.82 Å². The summed E-state index contributed by atoms with van der Waals surface area (Å²) in [6.07, 6.45) is 3.36. The molecule has 10 nitrogen and oxygen atoms in total. The van der Waals surface area contributed by atoms with Gasteiger partial charge in [-0.3, -0.25) is 4.79 Å². The number of nitrogens with one attached hydrogen (secondary N) is 3. The molecule has 1 aromatic carbocycles. The molecule has 1 heterocycles. The molecule has 0 aliphatic heterocycles. The van der Waals surface area contributed by atoms with E-state index in [4.69, 9.17) is 5.73 Å². The lowest BCUT2D eigenvalue weighted by Crippen LogP contribution is -2.29. The van der Waals surface area contributed by atoms with Crippen LogP contribution in [0.1, 0.15) is 54.4 Å². The minimum absolute atomic E-state index is 0.0102. The summed E-state index contributed by atoms with van der Waals surface area (Å²) in [7, 11) is -2.23. The molecule has 3 rings (SSSR count). The fourth-order valence-corrected chi connectivity index (χ4v) is 4.73. The molecule has 6 N–H and O–H groups in total. The number of nitrogens with two attached hydrogens (primary N) is 1. The smallest absolute Gasteiger partial charge is 0.271 e. The molecule has 1 fully saturated rings. The molecular weight excluding hydrogens is 432 g/mol. The van der Waals surface area contributed by atoms with Gasteiger partial charge in [0.2, 0.25) is 10.0 Å². The number of aliphatic hydroxyl groups is 1. The molecule has 32 heavy (non-hydrogen) atoms. The molecular formula is C21H30N6O4S. The van der Waals surface area contributed by atoms with Crippen LogP contribution in [0.3, 0.4) is 0 Å². The summed E-state index contributed by atoms with van der Waals surface area (Å²) < 4.78 is 26.5. The van der Waals surface area contributed by atoms with E-state index >= 15 is 0 Å². The zero-order valence-electron chi connectivity index (χ0n) is 18.5. The van der Waals surface area contributed by atoms with Gasteiger partial charge in [-0.05, 0) is 69.8 Å². The Hall–Kier alpha value is -2.76. The van der Waals surface area contributed by atoms with Crippen LogP contribution in [0.15, 0.2) is 23.1 Å². The molecule has 0 unspecified atom stereocenters. The van der Waals surface area contributed by atoms with E-state index in [1.54, 1.807) is 19.1 Å². The molecule has 0 saturated heterocycles. The van der Waals surface area contributed by atoms with Crippen LogP contribution in [0.5, 0.6) is 0 Å². The van der Waals surface area contributed by atoms with Gasteiger partial charge in [-0.25, -0.2) is 23.1 Å². The van der Waals surface area contributed by atoms with Crippen molar-refractivity contribution in [3.05, 3.63) is 35.2 Å². The molecule has 11 heteroatoms. The number of carbonyl (C=O) groups excluding carboxylic acids is 1. The van der Waals surface area contributed by atoms with Crippen LogP contribution < -0.4 is 21.1 Å². The Morgan fingerprint density at radius 3 is 2.44 bits per heavy atom. The lowest BCUT2D eigenvalue weighted by Gasteiger charge is -2.27. The number of hydrogen-bond acceptors (Lipinski definition) is 8. The highest BCUT2D eigenvalue weighted by molar-refractivity contribution is 7.89. The first-order chi connectivity index (χ1) is 15.1. The normalized spacial score (nSPS) is 18.9. The van der Waals surface area contributed by atoms with E-state index < -0.39 is 15.9 Å². The Morgan fingerprint density at radius 2 is 1.88 bits per heavy atom. The van der Waals surface area contributed by atoms with Crippen LogP contribution in [0.4, 0.5) is 17.3 Å². The zero-order valence-corrected chi connectivity index (χ0v) is 19.3. The van der Waals surface area contributed by atoms with Crippen molar-refractivity contribution in [1.82, 2.24) is 14.7 Å². The molecule has 1 amide bonds. The minimum atomic E-state index is -3.58. The molecule has 0 spiro atoms. The Labute approximate surface area is 188 Å². The first-order valence-corrected chi connectivity index (χ1v) is 12.1. The number of carbonyl (C=O) groups is 1. The maximum absolute atomic E-state index is 12.1. The van der Waals surface area contributed by atoms with Gasteiger partial charge in [-0.2, -0.15) is 0 Å². The first-order valence-electron chi connectivity index (χ1n) is 10.6. The number of aryl methyl sites for hydroxylation is 2. The van der Waals surface area contributed by atoms with Crippen LogP contribution in [0, 0.1) is 6.92 Å². The second-order valence-corrected chi connectivity index (χ2v) is 9.75. The van der Waals surface area contributed by atoms with E-state index in [-0.39, 0.29) is 28.6 Å². The van der Waals surface area contributed by atoms with Crippen LogP contribution in [-0.2, 0) is 16.4 Å². The molecule has 1 saturated carbocycles. The molecule has 174 valence electrons. The molecule has 1 aliphatic carbocycles. The van der Waals surface area contributed by atoms with E-state index in [1.165, 1.54) is 13.1 Å². The maximum atomic E-state index is 12.1. The third-order valence-corrected chi connectivity index (χ3v) is 7.14. The second kappa shape index (κ2) is 9.80. The fourth-order valence-electron chi connectivity index (χ4n) is 3.78. The van der Waals surface area contributed by atoms with Gasteiger partial charge in [0, 0.05) is 11.7 Å². The average Bonchev–Trinajstić information content (AvgIpc) is 2.75. The molecule has 1 aromatic heterocycles. The second-order valence-electron chi connectivity index (χ2n) is 7.90. The summed E-state index contributed by atoms with van der Waals surface area (Å²) in [4.78, 5) is 21.3. The van der Waals surface area contributed by atoms with Crippen molar-refractivity contribution in [2.75, 3.05) is 17.7 Å². The van der Waals surface area contributed by atoms with Crippen LogP contribution in [-0.4, -0.2) is 48.6 Å². The molecule has 0 radical (unpaired) electrons. The van der Waals surface area contributed by atoms with E-state index in [0.717, 1.165) is 25.7 Å². The molecule has 1 aliphatic rings. The Morgan fingerprint density at radius 1 is 1.19 bits per heavy atom. The largest absolute Gasteiger partial charge is 0.393 e. The van der Waals surface area contributed by atoms with Crippen molar-refractivity contribution < 1.29 is 18.3 Å². The van der Waals surface area contributed by atoms with Crippen LogP contribution >= 0.6 is 0 Å². The molecule has 0 atom stereocenters. The Kier molecular flexibility index (Phi) is 7.32. The zero-order chi connectivity index (χ0) is 23.5. The number of anilines is 3. The van der Waals surface area contributed by atoms with Gasteiger partial charge in [0.25, 0.3) is 5.91 Å². The van der Waals surface area contributed by atoms with Gasteiger partial charge in [-0.1, -0.05) is 6.92 Å². The van der Waals surface area contributed by atoms with Crippen molar-refractivity contribution in [2.45, 2.75) is 63.0 Å². The Bertz CT molecular complexity index is 1100. The number of nitrogens with zero attached hydrogens (tertiary/aromatic N) is 2. The fraction of sp³-hybridized carbons (Fsp3) is 0.476. The number of aliphatic hydroxyl groups excluding tert-OH is 1. The summed E-state index contributed by atoms with van der Waals surface area (Å²) >= 11 is 0. The van der Waals surface area contributed by atoms with Crippen molar-refractivity contribution in [1.29, 1.82) is 0 Å². The number of sulfonamides is 1. The summed E-state index contributed by atoms with van der Waals surface area (Å²) in [6, 6.07) is 4.87. The van der Waals surface area contributed by atoms with E-state index in [2.05, 4.69) is 25.3 Å². The predicted octanol–water partition coefficient (Wildman–Crippen LogP) is 1.81. The number of rotatable bonds is 8. The lowest BCUT2D eigenvalue weighted by atomic mass is 9.93. The summed E-state index contributed by atoms with van der Waals surface area (Å²) in [5, 5.41) is 16.2. The maximum Gasteiger partial charge on any atom is 0.271 e. The molecule has 2 aromatic rings. The van der Waals surface area contributed by atoms with Crippen LogP contribution in [0.25, 0.3) is 0 Å². The van der Waals surface area contributed by atoms with Crippen molar-refractivity contribution in [3.63, 3.8) is 0 Å². The first kappa shape index (κ1) is 23.9. The minimum Gasteiger partial charge on any atom is -0.393 e. The van der Waals surface area contributed by atoms with E-state index in [9.17, 15) is 18.3 Å². The highest BCUT2D eigenvalue weighted by atomic mass is 32.2. The van der Waals surface area contributed by atoms with Gasteiger partial charge < -0.3 is 21.5 Å². The third kappa shape index (κ3) is 5.34. The highest BCUT2D eigenvalue weighted by Crippen LogP contribution is 2.27. The highest BCUT2D eigenvalue weighted by Gasteiger charge is 2.23. The SMILES string of the molecule is CCc1nc(C(N)=O)c(Nc2ccc(S(=O)(=O)NC)c(C)c2)nc1N[C@H]1CC[C@H](O)CC1. The summed E-state index contributed by atoms with van der Waals surface area (Å²) in [6.45, 7) is 3.60. The predicted molar refractivity (Wildman–Crippen MR) is 123 cm³/mol. The van der Waals surface area contributed by atoms with Gasteiger partial charge in [0.15, 0.2) is 11.5 Å². The van der Waals surface area contributed by atoms with Gasteiger partial charge >= 0.3 is 0 Å². The van der Waals surface area contributed by atoms with Gasteiger partial charge in [0.05, 0.1) is 16.7 Å². The number of hydrogen-bond donors (Lipinski definition) is 5. The summed E-state index contributed by atoms with van der Waals surface area (Å²) in [5.41, 5.74) is 7.27. The third-order valence-electron chi connectivity index (χ3n) is 5.57. The number of amides is 1. The van der Waals surface area contributed by atoms with Crippen molar-refractivity contribution in [3.8, 4) is 0 Å². The van der Waals surface area contributed by atoms with Crippen molar-refractivity contribution in [2.24, 2.45) is 5.73 Å². The molecule has 0 bridgehead atoms. The van der Waals surface area contributed by atoms with E-state index in [0.29, 0.717) is 29.2 Å². The number of benzene rings is 1.